The quantitative estimate of drug-likeness (QED) is 0.824. The Hall–Kier alpha value is -1.35. The number of hydrogen-bond donors (Lipinski definition) is 1. The average Bonchev–Trinajstić information content (AvgIpc) is 2.39. The molecule has 1 aliphatic rings. The number of amides is 1. The second kappa shape index (κ2) is 5.12. The molecular weight excluding hydrogens is 202 g/mol. The standard InChI is InChI=1S/C13H17NO2/c15-10-11-5-4-6-12(9-11)13(16)14-7-2-1-3-8-14/h4-6,9,15H,1-3,7-8,10H2. The van der Waals surface area contributed by atoms with E-state index in [1.165, 1.54) is 6.42 Å². The lowest BCUT2D eigenvalue weighted by molar-refractivity contribution is 0.0724. The minimum Gasteiger partial charge on any atom is -0.392 e. The molecule has 1 fully saturated rings. The van der Waals surface area contributed by atoms with Crippen LogP contribution in [0.25, 0.3) is 0 Å². The lowest BCUT2D eigenvalue weighted by atomic mass is 10.1. The van der Waals surface area contributed by atoms with Crippen LogP contribution in [-0.4, -0.2) is 29.0 Å². The molecule has 0 atom stereocenters. The largest absolute Gasteiger partial charge is 0.392 e. The van der Waals surface area contributed by atoms with Crippen LogP contribution in [0, 0.1) is 0 Å². The number of benzene rings is 1. The summed E-state index contributed by atoms with van der Waals surface area (Å²) in [5.41, 5.74) is 1.48. The van der Waals surface area contributed by atoms with Crippen molar-refractivity contribution in [2.24, 2.45) is 0 Å². The van der Waals surface area contributed by atoms with Gasteiger partial charge in [-0.15, -0.1) is 0 Å². The molecule has 1 saturated heterocycles. The fourth-order valence-electron chi connectivity index (χ4n) is 2.08. The molecule has 3 nitrogen and oxygen atoms in total. The number of aliphatic hydroxyl groups is 1. The number of carbonyl (C=O) groups is 1. The summed E-state index contributed by atoms with van der Waals surface area (Å²) >= 11 is 0. The Morgan fingerprint density at radius 2 is 2.00 bits per heavy atom. The minimum absolute atomic E-state index is 0.0128. The maximum atomic E-state index is 12.1. The van der Waals surface area contributed by atoms with Gasteiger partial charge in [0.1, 0.15) is 0 Å². The molecule has 0 saturated carbocycles. The number of likely N-dealkylation sites (tertiary alicyclic amines) is 1. The van der Waals surface area contributed by atoms with Gasteiger partial charge in [0.2, 0.25) is 0 Å². The molecule has 1 heterocycles. The van der Waals surface area contributed by atoms with Crippen LogP contribution in [0.15, 0.2) is 24.3 Å². The molecule has 1 aliphatic heterocycles. The van der Waals surface area contributed by atoms with E-state index in [0.717, 1.165) is 31.5 Å². The van der Waals surface area contributed by atoms with E-state index in [0.29, 0.717) is 5.56 Å². The minimum atomic E-state index is -0.0128. The first-order chi connectivity index (χ1) is 7.81. The Morgan fingerprint density at radius 1 is 1.25 bits per heavy atom. The molecule has 1 amide bonds. The summed E-state index contributed by atoms with van der Waals surface area (Å²) in [6, 6.07) is 7.24. The van der Waals surface area contributed by atoms with Gasteiger partial charge in [-0.05, 0) is 37.0 Å². The van der Waals surface area contributed by atoms with Gasteiger partial charge in [0.25, 0.3) is 5.91 Å². The molecule has 1 N–H and O–H groups in total. The van der Waals surface area contributed by atoms with Crippen molar-refractivity contribution in [3.8, 4) is 0 Å². The molecule has 3 heteroatoms. The molecule has 0 spiro atoms. The van der Waals surface area contributed by atoms with Gasteiger partial charge in [0, 0.05) is 18.7 Å². The number of carbonyl (C=O) groups excluding carboxylic acids is 1. The summed E-state index contributed by atoms with van der Waals surface area (Å²) in [5, 5.41) is 9.03. The Morgan fingerprint density at radius 3 is 2.69 bits per heavy atom. The van der Waals surface area contributed by atoms with Crippen molar-refractivity contribution >= 4 is 5.91 Å². The molecule has 0 bridgehead atoms. The zero-order chi connectivity index (χ0) is 11.4. The molecule has 0 aliphatic carbocycles. The van der Waals surface area contributed by atoms with E-state index in [1.54, 1.807) is 6.07 Å². The third kappa shape index (κ3) is 2.42. The maximum absolute atomic E-state index is 12.1. The first-order valence-corrected chi connectivity index (χ1v) is 5.80. The number of aliphatic hydroxyl groups excluding tert-OH is 1. The Balaban J connectivity index is 2.12. The molecule has 0 aromatic heterocycles. The molecule has 0 unspecified atom stereocenters. The van der Waals surface area contributed by atoms with Crippen LogP contribution in [0.3, 0.4) is 0 Å². The van der Waals surface area contributed by atoms with Gasteiger partial charge < -0.3 is 10.0 Å². The average molecular weight is 219 g/mol. The normalized spacial score (nSPS) is 16.2. The number of piperidine rings is 1. The summed E-state index contributed by atoms with van der Waals surface area (Å²) in [6.45, 7) is 1.71. The number of hydrogen-bond acceptors (Lipinski definition) is 2. The van der Waals surface area contributed by atoms with Crippen LogP contribution in [0.2, 0.25) is 0 Å². The second-order valence-electron chi connectivity index (χ2n) is 4.21. The van der Waals surface area contributed by atoms with Gasteiger partial charge in [-0.2, -0.15) is 0 Å². The fourth-order valence-corrected chi connectivity index (χ4v) is 2.08. The van der Waals surface area contributed by atoms with Gasteiger partial charge in [-0.25, -0.2) is 0 Å². The second-order valence-corrected chi connectivity index (χ2v) is 4.21. The van der Waals surface area contributed by atoms with E-state index < -0.39 is 0 Å². The van der Waals surface area contributed by atoms with Crippen molar-refractivity contribution in [2.75, 3.05) is 13.1 Å². The summed E-state index contributed by atoms with van der Waals surface area (Å²) < 4.78 is 0. The van der Waals surface area contributed by atoms with Gasteiger partial charge in [-0.1, -0.05) is 12.1 Å². The predicted octanol–water partition coefficient (Wildman–Crippen LogP) is 1.80. The highest BCUT2D eigenvalue weighted by Gasteiger charge is 2.17. The van der Waals surface area contributed by atoms with E-state index in [2.05, 4.69) is 0 Å². The van der Waals surface area contributed by atoms with Crippen molar-refractivity contribution in [3.05, 3.63) is 35.4 Å². The zero-order valence-electron chi connectivity index (χ0n) is 9.35. The summed E-state index contributed by atoms with van der Waals surface area (Å²) in [4.78, 5) is 14.0. The third-order valence-corrected chi connectivity index (χ3v) is 3.00. The molecule has 2 rings (SSSR count). The van der Waals surface area contributed by atoms with E-state index >= 15 is 0 Å². The van der Waals surface area contributed by atoms with Crippen LogP contribution in [0.4, 0.5) is 0 Å². The van der Waals surface area contributed by atoms with E-state index in [9.17, 15) is 4.79 Å². The van der Waals surface area contributed by atoms with Gasteiger partial charge in [-0.3, -0.25) is 4.79 Å². The molecule has 1 aromatic carbocycles. The van der Waals surface area contributed by atoms with E-state index in [1.807, 2.05) is 23.1 Å². The van der Waals surface area contributed by atoms with Crippen molar-refractivity contribution in [1.82, 2.24) is 4.90 Å². The molecule has 16 heavy (non-hydrogen) atoms. The van der Waals surface area contributed by atoms with Crippen LogP contribution in [-0.2, 0) is 6.61 Å². The molecule has 86 valence electrons. The predicted molar refractivity (Wildman–Crippen MR) is 62.1 cm³/mol. The highest BCUT2D eigenvalue weighted by Crippen LogP contribution is 2.14. The first kappa shape index (κ1) is 11.1. The Kier molecular flexibility index (Phi) is 3.57. The highest BCUT2D eigenvalue weighted by molar-refractivity contribution is 5.94. The van der Waals surface area contributed by atoms with Gasteiger partial charge in [0.15, 0.2) is 0 Å². The van der Waals surface area contributed by atoms with Gasteiger partial charge in [0.05, 0.1) is 6.61 Å². The van der Waals surface area contributed by atoms with Crippen molar-refractivity contribution < 1.29 is 9.90 Å². The van der Waals surface area contributed by atoms with Crippen molar-refractivity contribution in [1.29, 1.82) is 0 Å². The van der Waals surface area contributed by atoms with Crippen molar-refractivity contribution in [3.63, 3.8) is 0 Å². The Bertz CT molecular complexity index is 370. The van der Waals surface area contributed by atoms with Crippen LogP contribution >= 0.6 is 0 Å². The Labute approximate surface area is 95.7 Å². The summed E-state index contributed by atoms with van der Waals surface area (Å²) in [6.07, 6.45) is 3.43. The monoisotopic (exact) mass is 219 g/mol. The third-order valence-electron chi connectivity index (χ3n) is 3.00. The highest BCUT2D eigenvalue weighted by atomic mass is 16.3. The van der Waals surface area contributed by atoms with Crippen molar-refractivity contribution in [2.45, 2.75) is 25.9 Å². The molecule has 1 aromatic rings. The first-order valence-electron chi connectivity index (χ1n) is 5.80. The number of rotatable bonds is 2. The fraction of sp³-hybridized carbons (Fsp3) is 0.462. The van der Waals surface area contributed by atoms with E-state index in [4.69, 9.17) is 5.11 Å². The number of nitrogens with zero attached hydrogens (tertiary/aromatic N) is 1. The smallest absolute Gasteiger partial charge is 0.253 e. The SMILES string of the molecule is O=C(c1cccc(CO)c1)N1CCCCC1. The lowest BCUT2D eigenvalue weighted by Crippen LogP contribution is -2.35. The van der Waals surface area contributed by atoms with Gasteiger partial charge >= 0.3 is 0 Å². The zero-order valence-corrected chi connectivity index (χ0v) is 9.35. The van der Waals surface area contributed by atoms with Crippen LogP contribution in [0.1, 0.15) is 35.2 Å². The summed E-state index contributed by atoms with van der Waals surface area (Å²) in [7, 11) is 0. The van der Waals surface area contributed by atoms with Crippen LogP contribution in [0.5, 0.6) is 0 Å². The lowest BCUT2D eigenvalue weighted by Gasteiger charge is -2.26. The summed E-state index contributed by atoms with van der Waals surface area (Å²) in [5.74, 6) is 0.0926. The molecular formula is C13H17NO2. The molecule has 0 radical (unpaired) electrons. The van der Waals surface area contributed by atoms with Crippen LogP contribution < -0.4 is 0 Å². The topological polar surface area (TPSA) is 40.5 Å². The van der Waals surface area contributed by atoms with E-state index in [-0.39, 0.29) is 12.5 Å². The maximum Gasteiger partial charge on any atom is 0.253 e.